The number of aryl methyl sites for hydroxylation is 2. The SMILES string of the molecule is COc1ccc(-c2c(C)noc2-c2cc(CCC(C)(C)OC(C)=O)c(OCc3ccccc3)cc2OCc2ccccc2)cc1. The van der Waals surface area contributed by atoms with Crippen molar-refractivity contribution < 1.29 is 28.3 Å². The highest BCUT2D eigenvalue weighted by molar-refractivity contribution is 5.84. The van der Waals surface area contributed by atoms with Crippen molar-refractivity contribution in [2.45, 2.75) is 59.4 Å². The molecule has 0 amide bonds. The van der Waals surface area contributed by atoms with E-state index in [4.69, 9.17) is 23.5 Å². The zero-order valence-electron chi connectivity index (χ0n) is 26.5. The first kappa shape index (κ1) is 31.4. The summed E-state index contributed by atoms with van der Waals surface area (Å²) in [5.41, 5.74) is 5.67. The molecule has 0 atom stereocenters. The highest BCUT2D eigenvalue weighted by Gasteiger charge is 2.26. The average Bonchev–Trinajstić information content (AvgIpc) is 3.43. The van der Waals surface area contributed by atoms with Gasteiger partial charge in [-0.25, -0.2) is 0 Å². The number of hydrogen-bond donors (Lipinski definition) is 0. The Morgan fingerprint density at radius 3 is 2.00 bits per heavy atom. The van der Waals surface area contributed by atoms with Gasteiger partial charge in [0, 0.05) is 13.0 Å². The Kier molecular flexibility index (Phi) is 9.88. The van der Waals surface area contributed by atoms with Crippen molar-refractivity contribution in [3.63, 3.8) is 0 Å². The van der Waals surface area contributed by atoms with E-state index < -0.39 is 5.60 Å². The van der Waals surface area contributed by atoms with Crippen LogP contribution >= 0.6 is 0 Å². The lowest BCUT2D eigenvalue weighted by molar-refractivity contribution is -0.154. The molecule has 4 aromatic carbocycles. The van der Waals surface area contributed by atoms with Crippen molar-refractivity contribution in [1.82, 2.24) is 5.16 Å². The van der Waals surface area contributed by atoms with Crippen molar-refractivity contribution in [2.75, 3.05) is 7.11 Å². The monoisotopic (exact) mass is 605 g/mol. The molecular weight excluding hydrogens is 566 g/mol. The van der Waals surface area contributed by atoms with Gasteiger partial charge in [-0.1, -0.05) is 78.0 Å². The second kappa shape index (κ2) is 14.2. The largest absolute Gasteiger partial charge is 0.497 e. The summed E-state index contributed by atoms with van der Waals surface area (Å²) < 4.78 is 30.0. The van der Waals surface area contributed by atoms with Gasteiger partial charge in [-0.2, -0.15) is 0 Å². The number of ether oxygens (including phenoxy) is 4. The van der Waals surface area contributed by atoms with E-state index in [2.05, 4.69) is 11.2 Å². The first-order valence-corrected chi connectivity index (χ1v) is 15.0. The first-order chi connectivity index (χ1) is 21.7. The Hall–Kier alpha value is -5.04. The molecular formula is C38H39NO6. The summed E-state index contributed by atoms with van der Waals surface area (Å²) in [4.78, 5) is 11.8. The minimum absolute atomic E-state index is 0.313. The number of methoxy groups -OCH3 is 1. The lowest BCUT2D eigenvalue weighted by atomic mass is 9.94. The van der Waals surface area contributed by atoms with Crippen LogP contribution in [0.25, 0.3) is 22.5 Å². The van der Waals surface area contributed by atoms with Crippen molar-refractivity contribution in [3.8, 4) is 39.7 Å². The van der Waals surface area contributed by atoms with Crippen LogP contribution in [0, 0.1) is 6.92 Å². The number of rotatable bonds is 13. The van der Waals surface area contributed by atoms with E-state index in [0.717, 1.165) is 44.8 Å². The fraction of sp³-hybridized carbons (Fsp3) is 0.263. The number of aromatic nitrogens is 1. The molecule has 0 aliphatic rings. The maximum atomic E-state index is 11.8. The van der Waals surface area contributed by atoms with Crippen molar-refractivity contribution in [1.29, 1.82) is 0 Å². The Morgan fingerprint density at radius 1 is 0.822 bits per heavy atom. The van der Waals surface area contributed by atoms with Crippen LogP contribution in [0.4, 0.5) is 0 Å². The average molecular weight is 606 g/mol. The van der Waals surface area contributed by atoms with Gasteiger partial charge in [0.1, 0.15) is 36.1 Å². The van der Waals surface area contributed by atoms with Crippen molar-refractivity contribution in [2.24, 2.45) is 0 Å². The van der Waals surface area contributed by atoms with Gasteiger partial charge < -0.3 is 23.5 Å². The van der Waals surface area contributed by atoms with Gasteiger partial charge in [-0.3, -0.25) is 4.79 Å². The summed E-state index contributed by atoms with van der Waals surface area (Å²) in [5.74, 6) is 2.34. The number of carbonyl (C=O) groups excluding carboxylic acids is 1. The molecule has 0 radical (unpaired) electrons. The third kappa shape index (κ3) is 8.12. The second-order valence-corrected chi connectivity index (χ2v) is 11.6. The number of nitrogens with zero attached hydrogens (tertiary/aromatic N) is 1. The van der Waals surface area contributed by atoms with Gasteiger partial charge >= 0.3 is 5.97 Å². The zero-order valence-corrected chi connectivity index (χ0v) is 26.5. The molecule has 5 aromatic rings. The maximum Gasteiger partial charge on any atom is 0.303 e. The molecule has 0 N–H and O–H groups in total. The standard InChI is InChI=1S/C38H39NO6/c1-26-36(30-16-18-32(41-5)19-17-30)37(45-39-26)33-22-31(20-21-38(3,4)44-27(2)40)34(42-24-28-12-8-6-9-13-28)23-35(33)43-25-29-14-10-7-11-15-29/h6-19,22-23H,20-21,24-25H2,1-5H3. The van der Waals surface area contributed by atoms with Gasteiger partial charge in [0.2, 0.25) is 0 Å². The van der Waals surface area contributed by atoms with Crippen LogP contribution < -0.4 is 14.2 Å². The van der Waals surface area contributed by atoms with Gasteiger partial charge in [0.15, 0.2) is 5.76 Å². The summed E-state index contributed by atoms with van der Waals surface area (Å²) in [6.07, 6.45) is 1.17. The van der Waals surface area contributed by atoms with Gasteiger partial charge in [-0.05, 0) is 74.1 Å². The molecule has 1 aromatic heterocycles. The fourth-order valence-electron chi connectivity index (χ4n) is 5.23. The third-order valence-electron chi connectivity index (χ3n) is 7.54. The van der Waals surface area contributed by atoms with E-state index in [1.165, 1.54) is 6.92 Å². The minimum Gasteiger partial charge on any atom is -0.497 e. The maximum absolute atomic E-state index is 11.8. The molecule has 0 fully saturated rings. The Labute approximate surface area is 264 Å². The molecule has 0 aliphatic carbocycles. The molecule has 0 aliphatic heterocycles. The molecule has 0 spiro atoms. The third-order valence-corrected chi connectivity index (χ3v) is 7.54. The predicted molar refractivity (Wildman–Crippen MR) is 174 cm³/mol. The quantitative estimate of drug-likeness (QED) is 0.124. The summed E-state index contributed by atoms with van der Waals surface area (Å²) in [7, 11) is 1.65. The number of carbonyl (C=O) groups is 1. The molecule has 45 heavy (non-hydrogen) atoms. The van der Waals surface area contributed by atoms with Gasteiger partial charge in [-0.15, -0.1) is 0 Å². The van der Waals surface area contributed by atoms with Gasteiger partial charge in [0.25, 0.3) is 0 Å². The van der Waals surface area contributed by atoms with Crippen LogP contribution in [0.3, 0.4) is 0 Å². The van der Waals surface area contributed by atoms with Crippen LogP contribution in [0.1, 0.15) is 49.6 Å². The molecule has 0 bridgehead atoms. The van der Waals surface area contributed by atoms with Crippen LogP contribution in [0.15, 0.2) is 102 Å². The normalized spacial score (nSPS) is 11.2. The molecule has 1 heterocycles. The topological polar surface area (TPSA) is 80.0 Å². The lowest BCUT2D eigenvalue weighted by Crippen LogP contribution is -2.27. The van der Waals surface area contributed by atoms with E-state index in [1.807, 2.05) is 112 Å². The fourth-order valence-corrected chi connectivity index (χ4v) is 5.23. The number of benzene rings is 4. The Balaban J connectivity index is 1.60. The molecule has 0 saturated carbocycles. The summed E-state index contributed by atoms with van der Waals surface area (Å²) >= 11 is 0. The van der Waals surface area contributed by atoms with E-state index in [0.29, 0.717) is 43.3 Å². The van der Waals surface area contributed by atoms with Crippen LogP contribution in [-0.2, 0) is 29.2 Å². The molecule has 5 rings (SSSR count). The van der Waals surface area contributed by atoms with Crippen molar-refractivity contribution in [3.05, 3.63) is 119 Å². The predicted octanol–water partition coefficient (Wildman–Crippen LogP) is 8.76. The van der Waals surface area contributed by atoms with E-state index >= 15 is 0 Å². The van der Waals surface area contributed by atoms with E-state index in [9.17, 15) is 4.79 Å². The highest BCUT2D eigenvalue weighted by Crippen LogP contribution is 2.43. The Bertz CT molecular complexity index is 1710. The van der Waals surface area contributed by atoms with Crippen molar-refractivity contribution >= 4 is 5.97 Å². The number of esters is 1. The van der Waals surface area contributed by atoms with Crippen LogP contribution in [0.5, 0.6) is 17.2 Å². The Morgan fingerprint density at radius 2 is 1.42 bits per heavy atom. The molecule has 7 heteroatoms. The summed E-state index contributed by atoms with van der Waals surface area (Å²) in [6, 6.07) is 31.9. The summed E-state index contributed by atoms with van der Waals surface area (Å²) in [6.45, 7) is 7.93. The first-order valence-electron chi connectivity index (χ1n) is 15.0. The smallest absolute Gasteiger partial charge is 0.303 e. The minimum atomic E-state index is -0.664. The van der Waals surface area contributed by atoms with Gasteiger partial charge in [0.05, 0.1) is 23.9 Å². The summed E-state index contributed by atoms with van der Waals surface area (Å²) in [5, 5.41) is 4.37. The highest BCUT2D eigenvalue weighted by atomic mass is 16.6. The lowest BCUT2D eigenvalue weighted by Gasteiger charge is -2.25. The second-order valence-electron chi connectivity index (χ2n) is 11.6. The van der Waals surface area contributed by atoms with E-state index in [-0.39, 0.29) is 5.97 Å². The molecule has 0 saturated heterocycles. The van der Waals surface area contributed by atoms with Crippen LogP contribution in [-0.4, -0.2) is 23.8 Å². The van der Waals surface area contributed by atoms with E-state index in [1.54, 1.807) is 7.11 Å². The molecule has 7 nitrogen and oxygen atoms in total. The molecule has 232 valence electrons. The van der Waals surface area contributed by atoms with Crippen LogP contribution in [0.2, 0.25) is 0 Å². The number of hydrogen-bond acceptors (Lipinski definition) is 7. The zero-order chi connectivity index (χ0) is 31.8. The molecule has 0 unspecified atom stereocenters.